The Hall–Kier alpha value is -3.12. The largest absolute Gasteiger partial charge is 0.495 e. The summed E-state index contributed by atoms with van der Waals surface area (Å²) in [6, 6.07) is 16.8. The molecule has 28 heavy (non-hydrogen) atoms. The molecule has 0 bridgehead atoms. The molecule has 0 saturated heterocycles. The van der Waals surface area contributed by atoms with Crippen LogP contribution in [0.3, 0.4) is 0 Å². The summed E-state index contributed by atoms with van der Waals surface area (Å²) in [7, 11) is 1.54. The van der Waals surface area contributed by atoms with E-state index in [0.29, 0.717) is 34.6 Å². The van der Waals surface area contributed by atoms with Gasteiger partial charge in [-0.25, -0.2) is 9.97 Å². The third-order valence-electron chi connectivity index (χ3n) is 4.04. The Bertz CT molecular complexity index is 964. The van der Waals surface area contributed by atoms with E-state index in [-0.39, 0.29) is 11.6 Å². The van der Waals surface area contributed by atoms with Crippen LogP contribution in [0.5, 0.6) is 5.75 Å². The van der Waals surface area contributed by atoms with E-state index in [4.69, 9.17) is 16.3 Å². The van der Waals surface area contributed by atoms with Gasteiger partial charge in [-0.1, -0.05) is 41.9 Å². The molecule has 0 aliphatic carbocycles. The maximum absolute atomic E-state index is 12.6. The minimum Gasteiger partial charge on any atom is -0.495 e. The van der Waals surface area contributed by atoms with E-state index in [1.165, 1.54) is 12.7 Å². The highest BCUT2D eigenvalue weighted by atomic mass is 35.5. The van der Waals surface area contributed by atoms with Crippen LogP contribution in [-0.2, 0) is 6.42 Å². The fourth-order valence-electron chi connectivity index (χ4n) is 2.67. The van der Waals surface area contributed by atoms with Crippen molar-refractivity contribution >= 4 is 29.1 Å². The zero-order chi connectivity index (χ0) is 19.9. The molecule has 0 aliphatic rings. The third kappa shape index (κ3) is 5.20. The number of halogens is 1. The first kappa shape index (κ1) is 19.6. The van der Waals surface area contributed by atoms with Crippen molar-refractivity contribution in [3.05, 3.63) is 76.6 Å². The molecule has 0 saturated carbocycles. The molecule has 0 aliphatic heterocycles. The van der Waals surface area contributed by atoms with Gasteiger partial charge >= 0.3 is 0 Å². The number of ether oxygens (including phenoxy) is 1. The van der Waals surface area contributed by atoms with Crippen LogP contribution in [0.1, 0.15) is 21.7 Å². The Labute approximate surface area is 168 Å². The highest BCUT2D eigenvalue weighted by molar-refractivity contribution is 6.32. The molecule has 0 unspecified atom stereocenters. The lowest BCUT2D eigenvalue weighted by Gasteiger charge is -2.10. The van der Waals surface area contributed by atoms with Crippen LogP contribution in [0.15, 0.2) is 54.6 Å². The van der Waals surface area contributed by atoms with Gasteiger partial charge in [0.25, 0.3) is 5.91 Å². The van der Waals surface area contributed by atoms with Crippen LogP contribution in [0.25, 0.3) is 0 Å². The lowest BCUT2D eigenvalue weighted by atomic mass is 10.1. The SMILES string of the molecule is COc1ccc(NC(=O)c2cc(C)nc(NCCc3ccccc3)n2)cc1Cl. The van der Waals surface area contributed by atoms with E-state index in [1.54, 1.807) is 24.3 Å². The molecule has 2 N–H and O–H groups in total. The number of hydrogen-bond acceptors (Lipinski definition) is 5. The maximum atomic E-state index is 12.6. The number of nitrogens with zero attached hydrogens (tertiary/aromatic N) is 2. The van der Waals surface area contributed by atoms with Gasteiger partial charge in [0.1, 0.15) is 11.4 Å². The molecule has 1 aromatic heterocycles. The zero-order valence-electron chi connectivity index (χ0n) is 15.7. The molecular formula is C21H21ClN4O2. The number of aryl methyl sites for hydroxylation is 1. The summed E-state index contributed by atoms with van der Waals surface area (Å²) < 4.78 is 5.12. The van der Waals surface area contributed by atoms with Crippen molar-refractivity contribution in [2.45, 2.75) is 13.3 Å². The summed E-state index contributed by atoms with van der Waals surface area (Å²) in [5.41, 5.74) is 2.76. The Kier molecular flexibility index (Phi) is 6.45. The van der Waals surface area contributed by atoms with Crippen molar-refractivity contribution in [3.8, 4) is 5.75 Å². The summed E-state index contributed by atoms with van der Waals surface area (Å²) in [4.78, 5) is 21.3. The highest BCUT2D eigenvalue weighted by Gasteiger charge is 2.12. The topological polar surface area (TPSA) is 76.1 Å². The summed E-state index contributed by atoms with van der Waals surface area (Å²) in [5.74, 6) is 0.633. The van der Waals surface area contributed by atoms with Gasteiger partial charge in [0.15, 0.2) is 0 Å². The number of methoxy groups -OCH3 is 1. The summed E-state index contributed by atoms with van der Waals surface area (Å²) in [6.07, 6.45) is 0.837. The highest BCUT2D eigenvalue weighted by Crippen LogP contribution is 2.27. The minimum absolute atomic E-state index is 0.279. The fourth-order valence-corrected chi connectivity index (χ4v) is 2.92. The minimum atomic E-state index is -0.335. The van der Waals surface area contributed by atoms with E-state index in [2.05, 4.69) is 32.7 Å². The second-order valence-corrected chi connectivity index (χ2v) is 6.59. The van der Waals surface area contributed by atoms with E-state index >= 15 is 0 Å². The Balaban J connectivity index is 1.66. The first-order valence-corrected chi connectivity index (χ1v) is 9.21. The smallest absolute Gasteiger partial charge is 0.274 e. The van der Waals surface area contributed by atoms with Gasteiger partial charge in [-0.2, -0.15) is 0 Å². The number of aromatic nitrogens is 2. The van der Waals surface area contributed by atoms with Gasteiger partial charge < -0.3 is 15.4 Å². The van der Waals surface area contributed by atoms with Crippen molar-refractivity contribution in [2.24, 2.45) is 0 Å². The van der Waals surface area contributed by atoms with Crippen molar-refractivity contribution in [1.82, 2.24) is 9.97 Å². The molecule has 0 atom stereocenters. The monoisotopic (exact) mass is 396 g/mol. The number of anilines is 2. The number of carbonyl (C=O) groups excluding carboxylic acids is 1. The summed E-state index contributed by atoms with van der Waals surface area (Å²) in [5, 5.41) is 6.39. The predicted molar refractivity (Wildman–Crippen MR) is 111 cm³/mol. The number of rotatable bonds is 7. The Morgan fingerprint density at radius 1 is 1.11 bits per heavy atom. The van der Waals surface area contributed by atoms with Gasteiger partial charge in [0.2, 0.25) is 5.95 Å². The molecule has 144 valence electrons. The molecule has 0 fully saturated rings. The molecule has 0 radical (unpaired) electrons. The first-order chi connectivity index (χ1) is 13.5. The van der Waals surface area contributed by atoms with Crippen molar-refractivity contribution in [3.63, 3.8) is 0 Å². The molecule has 6 nitrogen and oxygen atoms in total. The van der Waals surface area contributed by atoms with Crippen LogP contribution in [0, 0.1) is 6.92 Å². The third-order valence-corrected chi connectivity index (χ3v) is 4.33. The van der Waals surface area contributed by atoms with Crippen LogP contribution in [0.4, 0.5) is 11.6 Å². The number of hydrogen-bond donors (Lipinski definition) is 2. The second kappa shape index (κ2) is 9.19. The van der Waals surface area contributed by atoms with Crippen LogP contribution < -0.4 is 15.4 Å². The fraction of sp³-hybridized carbons (Fsp3) is 0.190. The average molecular weight is 397 g/mol. The van der Waals surface area contributed by atoms with E-state index < -0.39 is 0 Å². The van der Waals surface area contributed by atoms with Crippen LogP contribution in [0.2, 0.25) is 5.02 Å². The molecule has 1 amide bonds. The lowest BCUT2D eigenvalue weighted by Crippen LogP contribution is -2.17. The Morgan fingerprint density at radius 2 is 1.89 bits per heavy atom. The summed E-state index contributed by atoms with van der Waals surface area (Å²) >= 11 is 6.11. The first-order valence-electron chi connectivity index (χ1n) is 8.83. The van der Waals surface area contributed by atoms with Gasteiger partial charge in [0, 0.05) is 17.9 Å². The van der Waals surface area contributed by atoms with Gasteiger partial charge in [-0.3, -0.25) is 4.79 Å². The second-order valence-electron chi connectivity index (χ2n) is 6.18. The molecule has 3 aromatic rings. The average Bonchev–Trinajstić information content (AvgIpc) is 2.68. The molecule has 7 heteroatoms. The standard InChI is InChI=1S/C21H21ClN4O2/c1-14-12-18(20(27)25-16-8-9-19(28-2)17(22)13-16)26-21(24-14)23-11-10-15-6-4-3-5-7-15/h3-9,12-13H,10-11H2,1-2H3,(H,25,27)(H,23,24,26). The molecule has 3 rings (SSSR count). The number of nitrogens with one attached hydrogen (secondary N) is 2. The maximum Gasteiger partial charge on any atom is 0.274 e. The van der Waals surface area contributed by atoms with E-state index in [9.17, 15) is 4.79 Å². The van der Waals surface area contributed by atoms with Crippen LogP contribution >= 0.6 is 11.6 Å². The van der Waals surface area contributed by atoms with Crippen molar-refractivity contribution in [2.75, 3.05) is 24.3 Å². The molecule has 1 heterocycles. The van der Waals surface area contributed by atoms with Crippen LogP contribution in [-0.4, -0.2) is 29.5 Å². The molecular weight excluding hydrogens is 376 g/mol. The number of benzene rings is 2. The predicted octanol–water partition coefficient (Wildman–Crippen LogP) is 4.35. The molecule has 2 aromatic carbocycles. The lowest BCUT2D eigenvalue weighted by molar-refractivity contribution is 0.102. The molecule has 0 spiro atoms. The number of amides is 1. The summed E-state index contributed by atoms with van der Waals surface area (Å²) in [6.45, 7) is 2.49. The van der Waals surface area contributed by atoms with E-state index in [0.717, 1.165) is 6.42 Å². The quantitative estimate of drug-likeness (QED) is 0.620. The van der Waals surface area contributed by atoms with E-state index in [1.807, 2.05) is 25.1 Å². The normalized spacial score (nSPS) is 10.4. The Morgan fingerprint density at radius 3 is 2.61 bits per heavy atom. The number of carbonyl (C=O) groups is 1. The zero-order valence-corrected chi connectivity index (χ0v) is 16.5. The van der Waals surface area contributed by atoms with Gasteiger partial charge in [-0.15, -0.1) is 0 Å². The van der Waals surface area contributed by atoms with Gasteiger partial charge in [0.05, 0.1) is 12.1 Å². The van der Waals surface area contributed by atoms with Gasteiger partial charge in [-0.05, 0) is 43.2 Å². The van der Waals surface area contributed by atoms with Crippen molar-refractivity contribution in [1.29, 1.82) is 0 Å². The van der Waals surface area contributed by atoms with Crippen molar-refractivity contribution < 1.29 is 9.53 Å².